The van der Waals surface area contributed by atoms with Gasteiger partial charge in [0, 0.05) is 44.4 Å². The lowest BCUT2D eigenvalue weighted by Crippen LogP contribution is -2.02. The van der Waals surface area contributed by atoms with Gasteiger partial charge in [0.05, 0.1) is 10.8 Å². The molecule has 0 N–H and O–H groups in total. The molecule has 7 aromatic rings. The van der Waals surface area contributed by atoms with Gasteiger partial charge in [0.2, 0.25) is 5.43 Å². The largest absolute Gasteiger partial charge is 0.457 e. The number of hydrogen-bond acceptors (Lipinski definition) is 6. The summed E-state index contributed by atoms with van der Waals surface area (Å²) in [7, 11) is 0. The molecule has 47 heavy (non-hydrogen) atoms. The molecule has 1 heterocycles. The van der Waals surface area contributed by atoms with Gasteiger partial charge in [-0.3, -0.25) is 14.4 Å². The van der Waals surface area contributed by atoms with Gasteiger partial charge in [-0.1, -0.05) is 23.2 Å². The van der Waals surface area contributed by atoms with Crippen molar-refractivity contribution in [2.45, 2.75) is 0 Å². The van der Waals surface area contributed by atoms with E-state index in [1.54, 1.807) is 133 Å². The van der Waals surface area contributed by atoms with Crippen LogP contribution in [-0.2, 0) is 0 Å². The Balaban J connectivity index is 1.09. The Morgan fingerprint density at radius 1 is 0.447 bits per heavy atom. The topological polar surface area (TPSA) is 82.8 Å². The predicted molar refractivity (Wildman–Crippen MR) is 183 cm³/mol. The van der Waals surface area contributed by atoms with Gasteiger partial charge in [-0.15, -0.1) is 0 Å². The molecule has 1 aromatic heterocycles. The third-order valence-corrected chi connectivity index (χ3v) is 8.04. The molecule has 0 bridgehead atoms. The highest BCUT2D eigenvalue weighted by Crippen LogP contribution is 2.30. The summed E-state index contributed by atoms with van der Waals surface area (Å²) in [4.78, 5) is 38.8. The van der Waals surface area contributed by atoms with Crippen LogP contribution in [0.2, 0.25) is 10.0 Å². The van der Waals surface area contributed by atoms with Gasteiger partial charge in [0.1, 0.15) is 34.2 Å². The molecule has 6 nitrogen and oxygen atoms in total. The van der Waals surface area contributed by atoms with Crippen LogP contribution in [0.25, 0.3) is 21.9 Å². The van der Waals surface area contributed by atoms with Crippen molar-refractivity contribution in [3.05, 3.63) is 176 Å². The van der Waals surface area contributed by atoms with Gasteiger partial charge in [-0.2, -0.15) is 0 Å². The fourth-order valence-electron chi connectivity index (χ4n) is 5.10. The molecule has 8 heteroatoms. The SMILES string of the molecule is O=C(c1ccc(Cl)cc1)c1ccc(Oc2ccc3c(=O)c4ccc(Oc5ccc(C(=O)c6ccc(Cl)cc6)cc5)cc4oc3c2)cc1. The van der Waals surface area contributed by atoms with Gasteiger partial charge < -0.3 is 13.9 Å². The number of carbonyl (C=O) groups excluding carboxylic acids is 2. The molecule has 0 saturated carbocycles. The Labute approximate surface area is 278 Å². The first-order valence-corrected chi connectivity index (χ1v) is 15.2. The highest BCUT2D eigenvalue weighted by Gasteiger charge is 2.13. The van der Waals surface area contributed by atoms with Crippen molar-refractivity contribution in [1.29, 1.82) is 0 Å². The minimum atomic E-state index is -0.186. The third kappa shape index (κ3) is 6.38. The van der Waals surface area contributed by atoms with E-state index in [0.717, 1.165) is 0 Å². The summed E-state index contributed by atoms with van der Waals surface area (Å²) in [5, 5.41) is 1.93. The molecule has 0 atom stereocenters. The van der Waals surface area contributed by atoms with Crippen molar-refractivity contribution in [2.75, 3.05) is 0 Å². The van der Waals surface area contributed by atoms with Crippen molar-refractivity contribution in [1.82, 2.24) is 0 Å². The van der Waals surface area contributed by atoms with E-state index in [4.69, 9.17) is 37.1 Å². The number of benzene rings is 6. The first-order chi connectivity index (χ1) is 22.8. The van der Waals surface area contributed by atoms with Crippen LogP contribution >= 0.6 is 23.2 Å². The van der Waals surface area contributed by atoms with Crippen molar-refractivity contribution >= 4 is 56.7 Å². The van der Waals surface area contributed by atoms with Crippen LogP contribution in [-0.4, -0.2) is 11.6 Å². The van der Waals surface area contributed by atoms with Crippen molar-refractivity contribution < 1.29 is 23.5 Å². The fraction of sp³-hybridized carbons (Fsp3) is 0. The van der Waals surface area contributed by atoms with Crippen LogP contribution in [0.3, 0.4) is 0 Å². The fourth-order valence-corrected chi connectivity index (χ4v) is 5.35. The molecule has 0 aliphatic rings. The average Bonchev–Trinajstić information content (AvgIpc) is 3.09. The molecule has 0 unspecified atom stereocenters. The molecular weight excluding hydrogens is 635 g/mol. The Kier molecular flexibility index (Phi) is 8.04. The molecular formula is C39H22Cl2O6. The Morgan fingerprint density at radius 3 is 1.13 bits per heavy atom. The monoisotopic (exact) mass is 656 g/mol. The number of halogens is 2. The second kappa shape index (κ2) is 12.6. The van der Waals surface area contributed by atoms with Crippen LogP contribution in [0, 0.1) is 0 Å². The molecule has 0 fully saturated rings. The Hall–Kier alpha value is -5.69. The Morgan fingerprint density at radius 2 is 0.766 bits per heavy atom. The smallest absolute Gasteiger partial charge is 0.200 e. The number of fused-ring (bicyclic) bond motifs is 2. The average molecular weight is 658 g/mol. The number of rotatable bonds is 8. The summed E-state index contributed by atoms with van der Waals surface area (Å²) in [6.07, 6.45) is 0. The summed E-state index contributed by atoms with van der Waals surface area (Å²) >= 11 is 11.9. The van der Waals surface area contributed by atoms with Crippen molar-refractivity contribution in [3.63, 3.8) is 0 Å². The van der Waals surface area contributed by atoms with Crippen LogP contribution in [0.4, 0.5) is 0 Å². The summed E-state index contributed by atoms with van der Waals surface area (Å²) < 4.78 is 18.2. The minimum absolute atomic E-state index is 0.128. The summed E-state index contributed by atoms with van der Waals surface area (Å²) in [6, 6.07) is 37.0. The molecule has 6 aromatic carbocycles. The number of ketones is 2. The Bertz CT molecular complexity index is 2180. The molecule has 0 aliphatic heterocycles. The lowest BCUT2D eigenvalue weighted by Gasteiger charge is -2.09. The lowest BCUT2D eigenvalue weighted by atomic mass is 10.0. The van der Waals surface area contributed by atoms with E-state index in [1.165, 1.54) is 0 Å². The zero-order valence-corrected chi connectivity index (χ0v) is 25.9. The summed E-state index contributed by atoms with van der Waals surface area (Å²) in [6.45, 7) is 0. The summed E-state index contributed by atoms with van der Waals surface area (Å²) in [5.41, 5.74) is 2.59. The van der Waals surface area contributed by atoms with Gasteiger partial charge in [-0.25, -0.2) is 0 Å². The van der Waals surface area contributed by atoms with Crippen molar-refractivity contribution in [3.8, 4) is 23.0 Å². The number of carbonyl (C=O) groups is 2. The molecule has 0 spiro atoms. The zero-order chi connectivity index (χ0) is 32.5. The first kappa shape index (κ1) is 30.0. The number of hydrogen-bond donors (Lipinski definition) is 0. The van der Waals surface area contributed by atoms with E-state index in [1.807, 2.05) is 0 Å². The highest BCUT2D eigenvalue weighted by molar-refractivity contribution is 6.31. The van der Waals surface area contributed by atoms with E-state index in [2.05, 4.69) is 0 Å². The van der Waals surface area contributed by atoms with Crippen LogP contribution in [0.1, 0.15) is 31.8 Å². The van der Waals surface area contributed by atoms with Gasteiger partial charge in [0.25, 0.3) is 0 Å². The summed E-state index contributed by atoms with van der Waals surface area (Å²) in [5.74, 6) is 1.68. The van der Waals surface area contributed by atoms with E-state index in [9.17, 15) is 14.4 Å². The molecule has 0 amide bonds. The number of ether oxygens (including phenoxy) is 2. The van der Waals surface area contributed by atoms with Crippen LogP contribution < -0.4 is 14.9 Å². The maximum atomic E-state index is 13.3. The van der Waals surface area contributed by atoms with E-state index < -0.39 is 0 Å². The van der Waals surface area contributed by atoms with Gasteiger partial charge in [0.15, 0.2) is 11.6 Å². The van der Waals surface area contributed by atoms with Crippen LogP contribution in [0.5, 0.6) is 23.0 Å². The third-order valence-electron chi connectivity index (χ3n) is 7.53. The zero-order valence-electron chi connectivity index (χ0n) is 24.4. The quantitative estimate of drug-likeness (QED) is 0.120. The van der Waals surface area contributed by atoms with E-state index in [0.29, 0.717) is 77.2 Å². The van der Waals surface area contributed by atoms with Gasteiger partial charge >= 0.3 is 0 Å². The van der Waals surface area contributed by atoms with E-state index >= 15 is 0 Å². The second-order valence-corrected chi connectivity index (χ2v) is 11.5. The van der Waals surface area contributed by atoms with Crippen molar-refractivity contribution in [2.24, 2.45) is 0 Å². The second-order valence-electron chi connectivity index (χ2n) is 10.7. The molecule has 0 saturated heterocycles. The maximum absolute atomic E-state index is 13.3. The normalized spacial score (nSPS) is 11.0. The molecule has 0 aliphatic carbocycles. The minimum Gasteiger partial charge on any atom is -0.457 e. The van der Waals surface area contributed by atoms with Gasteiger partial charge in [-0.05, 0) is 121 Å². The predicted octanol–water partition coefficient (Wildman–Crippen LogP) is 10.3. The molecule has 0 radical (unpaired) electrons. The molecule has 228 valence electrons. The first-order valence-electron chi connectivity index (χ1n) is 14.5. The molecule has 7 rings (SSSR count). The van der Waals surface area contributed by atoms with Crippen LogP contribution in [0.15, 0.2) is 143 Å². The lowest BCUT2D eigenvalue weighted by molar-refractivity contribution is 0.103. The highest BCUT2D eigenvalue weighted by atomic mass is 35.5. The standard InChI is InChI=1S/C39H22Cl2O6/c40-27-9-1-23(2-10-27)37(42)25-5-13-29(14-6-25)45-31-17-19-33-35(21-31)47-36-22-32(18-20-34(36)39(33)44)46-30-15-7-26(8-16-30)38(43)24-3-11-28(41)12-4-24/h1-22H. The maximum Gasteiger partial charge on any atom is 0.200 e. The van der Waals surface area contributed by atoms with E-state index in [-0.39, 0.29) is 17.0 Å².